The van der Waals surface area contributed by atoms with Crippen LogP contribution in [0.25, 0.3) is 0 Å². The van der Waals surface area contributed by atoms with Crippen molar-refractivity contribution in [3.05, 3.63) is 24.0 Å². The normalized spacial score (nSPS) is 22.2. The fourth-order valence-electron chi connectivity index (χ4n) is 3.95. The lowest BCUT2D eigenvalue weighted by Gasteiger charge is -2.39. The van der Waals surface area contributed by atoms with Gasteiger partial charge in [0, 0.05) is 59.4 Å². The number of carbonyl (C=O) groups excluding carboxylic acids is 1. The first-order chi connectivity index (χ1) is 14.2. The van der Waals surface area contributed by atoms with Crippen molar-refractivity contribution in [2.45, 2.75) is 30.2 Å². The van der Waals surface area contributed by atoms with E-state index < -0.39 is 21.9 Å². The predicted molar refractivity (Wildman–Crippen MR) is 115 cm³/mol. The third kappa shape index (κ3) is 5.29. The number of halogens is 1. The molecular formula is C20H32FN5O3S. The zero-order valence-corrected chi connectivity index (χ0v) is 18.8. The van der Waals surface area contributed by atoms with Gasteiger partial charge in [-0.25, -0.2) is 21.9 Å². The number of nitrogens with zero attached hydrogens (tertiary/aromatic N) is 4. The molecular weight excluding hydrogens is 409 g/mol. The van der Waals surface area contributed by atoms with Crippen molar-refractivity contribution < 1.29 is 17.6 Å². The Kier molecular flexibility index (Phi) is 7.33. The summed E-state index contributed by atoms with van der Waals surface area (Å²) in [6.07, 6.45) is 2.99. The smallest absolute Gasteiger partial charge is 0.321 e. The molecule has 0 aliphatic carbocycles. The number of benzene rings is 1. The van der Waals surface area contributed by atoms with Gasteiger partial charge in [-0.15, -0.1) is 0 Å². The molecule has 1 aromatic carbocycles. The van der Waals surface area contributed by atoms with Gasteiger partial charge in [0.2, 0.25) is 10.0 Å². The van der Waals surface area contributed by atoms with E-state index in [9.17, 15) is 17.6 Å². The quantitative estimate of drug-likeness (QED) is 0.770. The number of urea groups is 1. The van der Waals surface area contributed by atoms with E-state index in [0.29, 0.717) is 13.1 Å². The summed E-state index contributed by atoms with van der Waals surface area (Å²) in [7, 11) is 1.21. The third-order valence-electron chi connectivity index (χ3n) is 5.95. The molecule has 0 spiro atoms. The summed E-state index contributed by atoms with van der Waals surface area (Å²) in [5.41, 5.74) is -0.122. The summed E-state index contributed by atoms with van der Waals surface area (Å²) < 4.78 is 40.1. The summed E-state index contributed by atoms with van der Waals surface area (Å²) in [5.74, 6) is -0.661. The summed E-state index contributed by atoms with van der Waals surface area (Å²) in [6.45, 7) is 5.19. The number of hydrogen-bond donors (Lipinski definition) is 1. The molecule has 2 fully saturated rings. The van der Waals surface area contributed by atoms with Crippen LogP contribution in [0.15, 0.2) is 23.1 Å². The van der Waals surface area contributed by atoms with Crippen LogP contribution in [0.1, 0.15) is 19.3 Å². The maximum absolute atomic E-state index is 14.3. The van der Waals surface area contributed by atoms with Gasteiger partial charge in [0.15, 0.2) is 0 Å². The lowest BCUT2D eigenvalue weighted by atomic mass is 10.1. The van der Waals surface area contributed by atoms with Crippen molar-refractivity contribution in [3.8, 4) is 0 Å². The van der Waals surface area contributed by atoms with Crippen LogP contribution < -0.4 is 5.32 Å². The Labute approximate surface area is 178 Å². The molecule has 2 heterocycles. The summed E-state index contributed by atoms with van der Waals surface area (Å²) >= 11 is 0. The highest BCUT2D eigenvalue weighted by Crippen LogP contribution is 2.23. The number of hydrogen-bond acceptors (Lipinski definition) is 5. The Morgan fingerprint density at radius 3 is 2.50 bits per heavy atom. The average Bonchev–Trinajstić information content (AvgIpc) is 2.96. The monoisotopic (exact) mass is 441 g/mol. The number of likely N-dealkylation sites (N-methyl/N-ethyl adjacent to an activating group) is 1. The molecule has 8 nitrogen and oxygen atoms in total. The number of amides is 2. The first kappa shape index (κ1) is 22.9. The molecule has 2 amide bonds. The third-order valence-corrected chi connectivity index (χ3v) is 7.76. The van der Waals surface area contributed by atoms with Gasteiger partial charge < -0.3 is 15.1 Å². The molecule has 0 radical (unpaired) electrons. The molecule has 30 heavy (non-hydrogen) atoms. The van der Waals surface area contributed by atoms with Crippen LogP contribution in [-0.2, 0) is 10.0 Å². The fourth-order valence-corrected chi connectivity index (χ4v) is 4.88. The first-order valence-electron chi connectivity index (χ1n) is 10.4. The number of nitrogens with one attached hydrogen (secondary N) is 1. The lowest BCUT2D eigenvalue weighted by molar-refractivity contribution is 0.0948. The molecule has 1 unspecified atom stereocenters. The fraction of sp³-hybridized carbons (Fsp3) is 0.650. The first-order valence-corrected chi connectivity index (χ1v) is 11.8. The largest absolute Gasteiger partial charge is 0.323 e. The minimum Gasteiger partial charge on any atom is -0.323 e. The number of rotatable bonds is 4. The second kappa shape index (κ2) is 9.59. The van der Waals surface area contributed by atoms with Gasteiger partial charge in [-0.3, -0.25) is 4.90 Å². The van der Waals surface area contributed by atoms with Gasteiger partial charge in [0.1, 0.15) is 5.82 Å². The zero-order valence-electron chi connectivity index (χ0n) is 18.0. The second-order valence-corrected chi connectivity index (χ2v) is 10.4. The maximum atomic E-state index is 14.3. The van der Waals surface area contributed by atoms with E-state index >= 15 is 0 Å². The molecule has 1 aromatic rings. The Morgan fingerprint density at radius 1 is 1.13 bits per heavy atom. The topological polar surface area (TPSA) is 76.2 Å². The van der Waals surface area contributed by atoms with Crippen LogP contribution in [0.5, 0.6) is 0 Å². The van der Waals surface area contributed by atoms with E-state index in [1.165, 1.54) is 26.2 Å². The minimum atomic E-state index is -3.72. The molecule has 168 valence electrons. The standard InChI is InChI=1S/C20H32FN5O3S/c1-23(2)30(28,29)17-7-8-18(21)19(14-17)22-20(27)26-9-5-4-6-16(15-26)25-12-10-24(3)11-13-25/h7-8,14,16H,4-6,9-13,15H2,1-3H3,(H,22,27). The van der Waals surface area contributed by atoms with Gasteiger partial charge >= 0.3 is 6.03 Å². The van der Waals surface area contributed by atoms with Crippen LogP contribution >= 0.6 is 0 Å². The van der Waals surface area contributed by atoms with Crippen LogP contribution in [0.4, 0.5) is 14.9 Å². The molecule has 0 bridgehead atoms. The number of likely N-dealkylation sites (tertiary alicyclic amines) is 1. The van der Waals surface area contributed by atoms with E-state index in [0.717, 1.165) is 55.8 Å². The van der Waals surface area contributed by atoms with Gasteiger partial charge in [-0.1, -0.05) is 6.42 Å². The Balaban J connectivity index is 1.71. The van der Waals surface area contributed by atoms with Crippen molar-refractivity contribution in [3.63, 3.8) is 0 Å². The molecule has 0 saturated carbocycles. The molecule has 0 aromatic heterocycles. The second-order valence-electron chi connectivity index (χ2n) is 8.29. The lowest BCUT2D eigenvalue weighted by Crippen LogP contribution is -2.52. The molecule has 10 heteroatoms. The van der Waals surface area contributed by atoms with Crippen LogP contribution in [0, 0.1) is 5.82 Å². The molecule has 2 saturated heterocycles. The Bertz CT molecular complexity index is 856. The van der Waals surface area contributed by atoms with Gasteiger partial charge in [-0.2, -0.15) is 0 Å². The van der Waals surface area contributed by atoms with Crippen LogP contribution in [0.3, 0.4) is 0 Å². The van der Waals surface area contributed by atoms with E-state index in [1.54, 1.807) is 4.90 Å². The van der Waals surface area contributed by atoms with Crippen molar-refractivity contribution >= 4 is 21.7 Å². The van der Waals surface area contributed by atoms with E-state index in [-0.39, 0.29) is 16.6 Å². The summed E-state index contributed by atoms with van der Waals surface area (Å²) in [6, 6.07) is 3.35. The molecule has 1 atom stereocenters. The van der Waals surface area contributed by atoms with Crippen molar-refractivity contribution in [2.75, 3.05) is 65.7 Å². The summed E-state index contributed by atoms with van der Waals surface area (Å²) in [4.78, 5) is 19.3. The highest BCUT2D eigenvalue weighted by Gasteiger charge is 2.28. The van der Waals surface area contributed by atoms with E-state index in [1.807, 2.05) is 0 Å². The molecule has 1 N–H and O–H groups in total. The van der Waals surface area contributed by atoms with Crippen LogP contribution in [0.2, 0.25) is 0 Å². The number of anilines is 1. The van der Waals surface area contributed by atoms with E-state index in [4.69, 9.17) is 0 Å². The van der Waals surface area contributed by atoms with E-state index in [2.05, 4.69) is 22.2 Å². The zero-order chi connectivity index (χ0) is 21.9. The van der Waals surface area contributed by atoms with Gasteiger partial charge in [-0.05, 0) is 38.1 Å². The molecule has 2 aliphatic heterocycles. The SMILES string of the molecule is CN1CCN(C2CCCCN(C(=O)Nc3cc(S(=O)(=O)N(C)C)ccc3F)C2)CC1. The average molecular weight is 442 g/mol. The number of sulfonamides is 1. The molecule has 3 rings (SSSR count). The van der Waals surface area contributed by atoms with Crippen molar-refractivity contribution in [2.24, 2.45) is 0 Å². The number of carbonyl (C=O) groups is 1. The number of piperazine rings is 1. The predicted octanol–water partition coefficient (Wildman–Crippen LogP) is 1.71. The van der Waals surface area contributed by atoms with Crippen LogP contribution in [-0.4, -0.2) is 99.9 Å². The maximum Gasteiger partial charge on any atom is 0.321 e. The molecule has 2 aliphatic rings. The summed E-state index contributed by atoms with van der Waals surface area (Å²) in [5, 5.41) is 2.59. The van der Waals surface area contributed by atoms with Gasteiger partial charge in [0.05, 0.1) is 10.6 Å². The van der Waals surface area contributed by atoms with Crippen molar-refractivity contribution in [1.29, 1.82) is 0 Å². The minimum absolute atomic E-state index is 0.0598. The Morgan fingerprint density at radius 2 is 1.83 bits per heavy atom. The highest BCUT2D eigenvalue weighted by molar-refractivity contribution is 7.89. The van der Waals surface area contributed by atoms with Gasteiger partial charge in [0.25, 0.3) is 0 Å². The van der Waals surface area contributed by atoms with Crippen molar-refractivity contribution in [1.82, 2.24) is 19.0 Å². The highest BCUT2D eigenvalue weighted by atomic mass is 32.2. The Hall–Kier alpha value is -1.75.